The van der Waals surface area contributed by atoms with Crippen molar-refractivity contribution >= 4 is 18.3 Å². The minimum absolute atomic E-state index is 0. The first kappa shape index (κ1) is 20.5. The van der Waals surface area contributed by atoms with E-state index in [0.717, 1.165) is 17.1 Å². The van der Waals surface area contributed by atoms with Crippen molar-refractivity contribution in [3.8, 4) is 11.5 Å². The molecule has 7 heteroatoms. The number of hydrogen-bond donors (Lipinski definition) is 2. The first-order chi connectivity index (χ1) is 11.1. The molecule has 1 aliphatic rings. The number of rotatable bonds is 8. The van der Waals surface area contributed by atoms with Crippen molar-refractivity contribution in [2.45, 2.75) is 19.9 Å². The molecule has 1 unspecified atom stereocenters. The maximum Gasteiger partial charge on any atom is 0.234 e. The number of carbonyl (C=O) groups excluding carboxylic acids is 1. The van der Waals surface area contributed by atoms with Gasteiger partial charge in [0.1, 0.15) is 13.2 Å². The quantitative estimate of drug-likeness (QED) is 0.695. The number of benzene rings is 1. The molecule has 0 fully saturated rings. The molecule has 2 N–H and O–H groups in total. The van der Waals surface area contributed by atoms with Gasteiger partial charge in [0.15, 0.2) is 11.5 Å². The zero-order valence-corrected chi connectivity index (χ0v) is 15.3. The molecule has 1 amide bonds. The molecule has 0 saturated carbocycles. The lowest BCUT2D eigenvalue weighted by molar-refractivity contribution is -0.121. The number of fused-ring (bicyclic) bond motifs is 1. The van der Waals surface area contributed by atoms with Crippen LogP contribution in [0.1, 0.15) is 25.5 Å². The summed E-state index contributed by atoms with van der Waals surface area (Å²) in [5, 5.41) is 6.13. The van der Waals surface area contributed by atoms with E-state index in [9.17, 15) is 4.79 Å². The van der Waals surface area contributed by atoms with E-state index >= 15 is 0 Å². The predicted molar refractivity (Wildman–Crippen MR) is 95.1 cm³/mol. The maximum atomic E-state index is 12.1. The Hall–Kier alpha value is -1.50. The standard InChI is InChI=1S/C17H26N2O4.ClH/c1-12(2)17(19-16(20)11-18-6-7-21-3)13-4-5-14-15(10-13)23-9-8-22-14;/h4-5,10,12,17-18H,6-9,11H2,1-3H3,(H,19,20);1H. The van der Waals surface area contributed by atoms with Gasteiger partial charge in [0, 0.05) is 13.7 Å². The number of halogens is 1. The largest absolute Gasteiger partial charge is 0.486 e. The van der Waals surface area contributed by atoms with Crippen LogP contribution in [0.2, 0.25) is 0 Å². The Morgan fingerprint density at radius 1 is 1.25 bits per heavy atom. The van der Waals surface area contributed by atoms with Crippen molar-refractivity contribution in [3.05, 3.63) is 23.8 Å². The third-order valence-electron chi connectivity index (χ3n) is 3.68. The second-order valence-corrected chi connectivity index (χ2v) is 5.86. The summed E-state index contributed by atoms with van der Waals surface area (Å²) in [6, 6.07) is 5.78. The topological polar surface area (TPSA) is 68.8 Å². The Kier molecular flexibility index (Phi) is 8.89. The van der Waals surface area contributed by atoms with E-state index in [-0.39, 0.29) is 36.8 Å². The van der Waals surface area contributed by atoms with Gasteiger partial charge in [-0.1, -0.05) is 19.9 Å². The second kappa shape index (κ2) is 10.4. The number of hydrogen-bond acceptors (Lipinski definition) is 5. The van der Waals surface area contributed by atoms with E-state index in [2.05, 4.69) is 24.5 Å². The molecule has 24 heavy (non-hydrogen) atoms. The van der Waals surface area contributed by atoms with E-state index in [1.54, 1.807) is 7.11 Å². The molecule has 1 aromatic carbocycles. The lowest BCUT2D eigenvalue weighted by Crippen LogP contribution is -2.39. The molecule has 0 radical (unpaired) electrons. The molecule has 1 aliphatic heterocycles. The normalized spacial score (nSPS) is 14.0. The zero-order chi connectivity index (χ0) is 16.7. The van der Waals surface area contributed by atoms with Gasteiger partial charge < -0.3 is 24.8 Å². The molecule has 1 atom stereocenters. The van der Waals surface area contributed by atoms with Crippen LogP contribution < -0.4 is 20.1 Å². The lowest BCUT2D eigenvalue weighted by Gasteiger charge is -2.25. The molecule has 0 bridgehead atoms. The molecule has 1 heterocycles. The summed E-state index contributed by atoms with van der Waals surface area (Å²) in [4.78, 5) is 12.1. The summed E-state index contributed by atoms with van der Waals surface area (Å²) in [6.07, 6.45) is 0. The molecule has 1 aromatic rings. The van der Waals surface area contributed by atoms with Gasteiger partial charge >= 0.3 is 0 Å². The minimum atomic E-state index is -0.0671. The fourth-order valence-corrected chi connectivity index (χ4v) is 2.49. The average molecular weight is 359 g/mol. The molecular weight excluding hydrogens is 332 g/mol. The molecular formula is C17H27ClN2O4. The number of amides is 1. The Bertz CT molecular complexity index is 525. The minimum Gasteiger partial charge on any atom is -0.486 e. The predicted octanol–water partition coefficient (Wildman–Crippen LogP) is 1.93. The Morgan fingerprint density at radius 3 is 2.62 bits per heavy atom. The monoisotopic (exact) mass is 358 g/mol. The van der Waals surface area contributed by atoms with Crippen LogP contribution in [0.15, 0.2) is 18.2 Å². The molecule has 0 spiro atoms. The van der Waals surface area contributed by atoms with Crippen molar-refractivity contribution in [1.82, 2.24) is 10.6 Å². The number of ether oxygens (including phenoxy) is 3. The lowest BCUT2D eigenvalue weighted by atomic mass is 9.95. The van der Waals surface area contributed by atoms with E-state index in [1.165, 1.54) is 0 Å². The Labute approximate surface area is 149 Å². The number of carbonyl (C=O) groups is 1. The molecule has 2 rings (SSSR count). The average Bonchev–Trinajstić information content (AvgIpc) is 2.56. The highest BCUT2D eigenvalue weighted by molar-refractivity contribution is 5.85. The molecule has 0 saturated heterocycles. The fourth-order valence-electron chi connectivity index (χ4n) is 2.49. The van der Waals surface area contributed by atoms with Crippen molar-refractivity contribution in [1.29, 1.82) is 0 Å². The van der Waals surface area contributed by atoms with Gasteiger partial charge in [-0.25, -0.2) is 0 Å². The third-order valence-corrected chi connectivity index (χ3v) is 3.68. The van der Waals surface area contributed by atoms with E-state index in [4.69, 9.17) is 14.2 Å². The highest BCUT2D eigenvalue weighted by atomic mass is 35.5. The van der Waals surface area contributed by atoms with Crippen LogP contribution in [0.3, 0.4) is 0 Å². The van der Waals surface area contributed by atoms with Crippen molar-refractivity contribution < 1.29 is 19.0 Å². The van der Waals surface area contributed by atoms with Crippen molar-refractivity contribution in [3.63, 3.8) is 0 Å². The van der Waals surface area contributed by atoms with Gasteiger partial charge in [-0.3, -0.25) is 4.79 Å². The van der Waals surface area contributed by atoms with E-state index in [0.29, 0.717) is 26.4 Å². The van der Waals surface area contributed by atoms with Crippen LogP contribution in [-0.4, -0.2) is 45.9 Å². The summed E-state index contributed by atoms with van der Waals surface area (Å²) in [5.41, 5.74) is 1.02. The van der Waals surface area contributed by atoms with Crippen LogP contribution in [-0.2, 0) is 9.53 Å². The molecule has 0 aliphatic carbocycles. The van der Waals surface area contributed by atoms with Gasteiger partial charge in [0.2, 0.25) is 5.91 Å². The van der Waals surface area contributed by atoms with Crippen LogP contribution in [0.5, 0.6) is 11.5 Å². The fraction of sp³-hybridized carbons (Fsp3) is 0.588. The highest BCUT2D eigenvalue weighted by Crippen LogP contribution is 2.34. The van der Waals surface area contributed by atoms with Gasteiger partial charge in [0.05, 0.1) is 19.2 Å². The maximum absolute atomic E-state index is 12.1. The smallest absolute Gasteiger partial charge is 0.234 e. The SMILES string of the molecule is COCCNCC(=O)NC(c1ccc2c(c1)OCCO2)C(C)C.Cl. The number of nitrogens with one attached hydrogen (secondary N) is 2. The second-order valence-electron chi connectivity index (χ2n) is 5.86. The Morgan fingerprint density at radius 2 is 1.96 bits per heavy atom. The summed E-state index contributed by atoms with van der Waals surface area (Å²) >= 11 is 0. The van der Waals surface area contributed by atoms with E-state index < -0.39 is 0 Å². The summed E-state index contributed by atoms with van der Waals surface area (Å²) in [5.74, 6) is 1.73. The van der Waals surface area contributed by atoms with E-state index in [1.807, 2.05) is 18.2 Å². The van der Waals surface area contributed by atoms with Crippen LogP contribution in [0.4, 0.5) is 0 Å². The van der Waals surface area contributed by atoms with Gasteiger partial charge in [-0.05, 0) is 23.6 Å². The summed E-state index contributed by atoms with van der Waals surface area (Å²) in [6.45, 7) is 6.81. The van der Waals surface area contributed by atoms with Gasteiger partial charge in [-0.2, -0.15) is 0 Å². The van der Waals surface area contributed by atoms with Crippen LogP contribution >= 0.6 is 12.4 Å². The zero-order valence-electron chi connectivity index (χ0n) is 14.5. The van der Waals surface area contributed by atoms with Crippen LogP contribution in [0.25, 0.3) is 0 Å². The van der Waals surface area contributed by atoms with Crippen molar-refractivity contribution in [2.75, 3.05) is 40.0 Å². The highest BCUT2D eigenvalue weighted by Gasteiger charge is 2.21. The first-order valence-corrected chi connectivity index (χ1v) is 8.00. The molecule has 0 aromatic heterocycles. The molecule has 136 valence electrons. The summed E-state index contributed by atoms with van der Waals surface area (Å²) in [7, 11) is 1.64. The number of methoxy groups -OCH3 is 1. The third kappa shape index (κ3) is 5.85. The van der Waals surface area contributed by atoms with Crippen LogP contribution in [0, 0.1) is 5.92 Å². The molecule has 6 nitrogen and oxygen atoms in total. The first-order valence-electron chi connectivity index (χ1n) is 8.00. The van der Waals surface area contributed by atoms with Gasteiger partial charge in [-0.15, -0.1) is 12.4 Å². The van der Waals surface area contributed by atoms with Gasteiger partial charge in [0.25, 0.3) is 0 Å². The Balaban J connectivity index is 0.00000288. The van der Waals surface area contributed by atoms with Crippen molar-refractivity contribution in [2.24, 2.45) is 5.92 Å². The summed E-state index contributed by atoms with van der Waals surface area (Å²) < 4.78 is 16.1.